The second-order valence-electron chi connectivity index (χ2n) is 6.75. The number of rotatable bonds is 4. The molecule has 2 aromatic heterocycles. The van der Waals surface area contributed by atoms with Gasteiger partial charge >= 0.3 is 6.18 Å². The van der Waals surface area contributed by atoms with Crippen molar-refractivity contribution in [2.24, 2.45) is 0 Å². The number of amides is 1. The minimum absolute atomic E-state index is 0.0562. The van der Waals surface area contributed by atoms with E-state index in [1.807, 2.05) is 6.92 Å². The van der Waals surface area contributed by atoms with E-state index in [1.54, 1.807) is 21.8 Å². The predicted octanol–water partition coefficient (Wildman–Crippen LogP) is 3.95. The first-order chi connectivity index (χ1) is 13.9. The van der Waals surface area contributed by atoms with Crippen LogP contribution >= 0.6 is 0 Å². The van der Waals surface area contributed by atoms with E-state index >= 15 is 0 Å². The zero-order valence-corrected chi connectivity index (χ0v) is 15.6. The topological polar surface area (TPSA) is 77.0 Å². The summed E-state index contributed by atoms with van der Waals surface area (Å²) >= 11 is 0. The van der Waals surface area contributed by atoms with Crippen LogP contribution in [0.3, 0.4) is 0 Å². The lowest BCUT2D eigenvalue weighted by Gasteiger charge is -2.20. The number of hydrogen-bond acceptors (Lipinski definition) is 5. The van der Waals surface area contributed by atoms with Crippen LogP contribution in [0.5, 0.6) is 0 Å². The van der Waals surface area contributed by atoms with Gasteiger partial charge in [0.05, 0.1) is 5.56 Å². The molecular weight excluding hydrogens is 387 g/mol. The second-order valence-corrected chi connectivity index (χ2v) is 6.75. The number of aromatic nitrogens is 4. The minimum Gasteiger partial charge on any atom is -0.337 e. The third kappa shape index (κ3) is 3.74. The van der Waals surface area contributed by atoms with Crippen molar-refractivity contribution < 1.29 is 22.5 Å². The van der Waals surface area contributed by atoms with Gasteiger partial charge in [0.1, 0.15) is 11.7 Å². The SMILES string of the molecule is CCn1ccc(C(=O)N2CCCC2c2nc(-c3cccc(C(F)(F)F)c3)no2)n1. The number of benzene rings is 1. The van der Waals surface area contributed by atoms with Crippen LogP contribution in [0, 0.1) is 0 Å². The zero-order valence-electron chi connectivity index (χ0n) is 15.6. The maximum atomic E-state index is 12.9. The summed E-state index contributed by atoms with van der Waals surface area (Å²) < 4.78 is 45.8. The van der Waals surface area contributed by atoms with E-state index in [2.05, 4.69) is 15.2 Å². The summed E-state index contributed by atoms with van der Waals surface area (Å²) in [6.45, 7) is 3.10. The monoisotopic (exact) mass is 405 g/mol. The molecule has 10 heteroatoms. The van der Waals surface area contributed by atoms with Crippen LogP contribution in [0.25, 0.3) is 11.4 Å². The van der Waals surface area contributed by atoms with E-state index < -0.39 is 17.8 Å². The number of carbonyl (C=O) groups is 1. The lowest BCUT2D eigenvalue weighted by Crippen LogP contribution is -2.31. The molecule has 0 radical (unpaired) electrons. The van der Waals surface area contributed by atoms with Crippen molar-refractivity contribution in [3.05, 3.63) is 53.7 Å². The summed E-state index contributed by atoms with van der Waals surface area (Å²) in [6.07, 6.45) is -1.34. The standard InChI is InChI=1S/C19H18F3N5O2/c1-2-26-10-8-14(24-26)18(28)27-9-4-7-15(27)17-23-16(25-29-17)12-5-3-6-13(11-12)19(20,21)22/h3,5-6,8,10-11,15H,2,4,7,9H2,1H3. The van der Waals surface area contributed by atoms with Crippen LogP contribution < -0.4 is 0 Å². The van der Waals surface area contributed by atoms with Crippen molar-refractivity contribution in [1.82, 2.24) is 24.8 Å². The molecule has 1 atom stereocenters. The number of carbonyl (C=O) groups excluding carboxylic acids is 1. The molecule has 0 N–H and O–H groups in total. The van der Waals surface area contributed by atoms with E-state index in [1.165, 1.54) is 12.1 Å². The normalized spacial score (nSPS) is 17.1. The summed E-state index contributed by atoms with van der Waals surface area (Å²) in [4.78, 5) is 18.7. The molecule has 1 aliphatic heterocycles. The van der Waals surface area contributed by atoms with Gasteiger partial charge in [0.15, 0.2) is 0 Å². The number of aryl methyl sites for hydroxylation is 1. The first-order valence-corrected chi connectivity index (χ1v) is 9.22. The van der Waals surface area contributed by atoms with Crippen molar-refractivity contribution in [3.63, 3.8) is 0 Å². The maximum absolute atomic E-state index is 12.9. The smallest absolute Gasteiger partial charge is 0.337 e. The maximum Gasteiger partial charge on any atom is 0.416 e. The molecule has 1 aliphatic rings. The third-order valence-corrected chi connectivity index (χ3v) is 4.87. The van der Waals surface area contributed by atoms with Gasteiger partial charge in [-0.2, -0.15) is 23.3 Å². The molecular formula is C19H18F3N5O2. The predicted molar refractivity (Wildman–Crippen MR) is 95.6 cm³/mol. The molecule has 7 nitrogen and oxygen atoms in total. The molecule has 0 spiro atoms. The lowest BCUT2D eigenvalue weighted by molar-refractivity contribution is -0.137. The van der Waals surface area contributed by atoms with Crippen molar-refractivity contribution in [2.45, 2.75) is 38.5 Å². The molecule has 1 amide bonds. The summed E-state index contributed by atoms with van der Waals surface area (Å²) in [5, 5.41) is 8.07. The van der Waals surface area contributed by atoms with Crippen LogP contribution in [-0.2, 0) is 12.7 Å². The molecule has 1 unspecified atom stereocenters. The molecule has 1 aromatic carbocycles. The van der Waals surface area contributed by atoms with Crippen LogP contribution in [0.15, 0.2) is 41.1 Å². The highest BCUT2D eigenvalue weighted by molar-refractivity contribution is 5.92. The highest BCUT2D eigenvalue weighted by Gasteiger charge is 2.36. The van der Waals surface area contributed by atoms with E-state index in [4.69, 9.17) is 4.52 Å². The number of alkyl halides is 3. The fourth-order valence-electron chi connectivity index (χ4n) is 3.39. The van der Waals surface area contributed by atoms with E-state index in [0.717, 1.165) is 18.6 Å². The van der Waals surface area contributed by atoms with Crippen molar-refractivity contribution >= 4 is 5.91 Å². The molecule has 0 saturated carbocycles. The molecule has 1 fully saturated rings. The molecule has 1 saturated heterocycles. The quantitative estimate of drug-likeness (QED) is 0.657. The molecule has 3 heterocycles. The Kier molecular flexibility index (Phi) is 4.85. The molecule has 0 bridgehead atoms. The van der Waals surface area contributed by atoms with E-state index in [0.29, 0.717) is 25.2 Å². The first kappa shape index (κ1) is 19.2. The Balaban J connectivity index is 1.58. The number of halogens is 3. The van der Waals surface area contributed by atoms with Crippen LogP contribution in [0.4, 0.5) is 13.2 Å². The first-order valence-electron chi connectivity index (χ1n) is 9.22. The Hall–Kier alpha value is -3.17. The third-order valence-electron chi connectivity index (χ3n) is 4.87. The Morgan fingerprint density at radius 1 is 1.31 bits per heavy atom. The largest absolute Gasteiger partial charge is 0.416 e. The number of likely N-dealkylation sites (tertiary alicyclic amines) is 1. The Bertz CT molecular complexity index is 1030. The van der Waals surface area contributed by atoms with Crippen molar-refractivity contribution in [1.29, 1.82) is 0 Å². The molecule has 29 heavy (non-hydrogen) atoms. The number of hydrogen-bond donors (Lipinski definition) is 0. The van der Waals surface area contributed by atoms with Crippen LogP contribution in [-0.4, -0.2) is 37.3 Å². The lowest BCUT2D eigenvalue weighted by atomic mass is 10.1. The van der Waals surface area contributed by atoms with Gasteiger partial charge in [0.25, 0.3) is 5.91 Å². The molecule has 4 rings (SSSR count). The average molecular weight is 405 g/mol. The Morgan fingerprint density at radius 3 is 2.86 bits per heavy atom. The van der Waals surface area contributed by atoms with Crippen LogP contribution in [0.1, 0.15) is 47.7 Å². The summed E-state index contributed by atoms with van der Waals surface area (Å²) in [5.41, 5.74) is -0.255. The molecule has 0 aliphatic carbocycles. The Morgan fingerprint density at radius 2 is 2.14 bits per heavy atom. The van der Waals surface area contributed by atoms with Crippen LogP contribution in [0.2, 0.25) is 0 Å². The minimum atomic E-state index is -4.46. The number of nitrogens with zero attached hydrogens (tertiary/aromatic N) is 5. The molecule has 152 valence electrons. The van der Waals surface area contributed by atoms with E-state index in [9.17, 15) is 18.0 Å². The highest BCUT2D eigenvalue weighted by Crippen LogP contribution is 2.34. The zero-order chi connectivity index (χ0) is 20.6. The van der Waals surface area contributed by atoms with Crippen molar-refractivity contribution in [3.8, 4) is 11.4 Å². The molecule has 3 aromatic rings. The summed E-state index contributed by atoms with van der Waals surface area (Å²) in [6, 6.07) is 5.97. The van der Waals surface area contributed by atoms with Gasteiger partial charge in [-0.1, -0.05) is 17.3 Å². The highest BCUT2D eigenvalue weighted by atomic mass is 19.4. The van der Waals surface area contributed by atoms with Gasteiger partial charge in [-0.25, -0.2) is 0 Å². The van der Waals surface area contributed by atoms with E-state index in [-0.39, 0.29) is 23.2 Å². The second kappa shape index (κ2) is 7.34. The van der Waals surface area contributed by atoms with Crippen molar-refractivity contribution in [2.75, 3.05) is 6.54 Å². The summed E-state index contributed by atoms with van der Waals surface area (Å²) in [5.74, 6) is 0.0253. The fraction of sp³-hybridized carbons (Fsp3) is 0.368. The van der Waals surface area contributed by atoms with Gasteiger partial charge in [-0.15, -0.1) is 0 Å². The van der Waals surface area contributed by atoms with Gasteiger partial charge < -0.3 is 9.42 Å². The van der Waals surface area contributed by atoms with Gasteiger partial charge in [0.2, 0.25) is 11.7 Å². The fourth-order valence-corrected chi connectivity index (χ4v) is 3.39. The Labute approximate surface area is 164 Å². The summed E-state index contributed by atoms with van der Waals surface area (Å²) in [7, 11) is 0. The van der Waals surface area contributed by atoms with Gasteiger partial charge in [0, 0.05) is 24.8 Å². The average Bonchev–Trinajstić information content (AvgIpc) is 3.46. The van der Waals surface area contributed by atoms with Gasteiger partial charge in [-0.3, -0.25) is 9.48 Å². The van der Waals surface area contributed by atoms with Gasteiger partial charge in [-0.05, 0) is 38.0 Å².